The van der Waals surface area contributed by atoms with Crippen molar-refractivity contribution in [3.8, 4) is 0 Å². The number of esters is 1. The molecule has 0 fully saturated rings. The maximum absolute atomic E-state index is 11.2. The third-order valence-electron chi connectivity index (χ3n) is 1.42. The third-order valence-corrected chi connectivity index (χ3v) is 2.33. The lowest BCUT2D eigenvalue weighted by Gasteiger charge is -2.03. The summed E-state index contributed by atoms with van der Waals surface area (Å²) in [5.74, 6) is -0.395. The normalized spacial score (nSPS) is 9.77. The van der Waals surface area contributed by atoms with Gasteiger partial charge < -0.3 is 4.74 Å². The minimum Gasteiger partial charge on any atom is -0.465 e. The Morgan fingerprint density at radius 1 is 1.62 bits per heavy atom. The molecule has 0 saturated heterocycles. The van der Waals surface area contributed by atoms with Gasteiger partial charge in [-0.25, -0.2) is 9.78 Å². The maximum Gasteiger partial charge on any atom is 0.340 e. The SMILES string of the molecule is COC(=O)c1ccc(Cl)nc1SC. The number of thioether (sulfide) groups is 1. The van der Waals surface area contributed by atoms with Gasteiger partial charge in [-0.3, -0.25) is 0 Å². The molecule has 0 aliphatic carbocycles. The quantitative estimate of drug-likeness (QED) is 0.433. The number of rotatable bonds is 2. The van der Waals surface area contributed by atoms with Gasteiger partial charge in [-0.15, -0.1) is 11.8 Å². The molecule has 70 valence electrons. The molecule has 0 aliphatic rings. The predicted octanol–water partition coefficient (Wildman–Crippen LogP) is 2.24. The molecule has 0 N–H and O–H groups in total. The van der Waals surface area contributed by atoms with Crippen LogP contribution >= 0.6 is 23.4 Å². The van der Waals surface area contributed by atoms with Crippen molar-refractivity contribution in [2.75, 3.05) is 13.4 Å². The van der Waals surface area contributed by atoms with E-state index in [9.17, 15) is 4.79 Å². The van der Waals surface area contributed by atoms with Crippen LogP contribution in [-0.4, -0.2) is 24.3 Å². The fourth-order valence-corrected chi connectivity index (χ4v) is 1.60. The fourth-order valence-electron chi connectivity index (χ4n) is 0.839. The number of hydrogen-bond acceptors (Lipinski definition) is 4. The summed E-state index contributed by atoms with van der Waals surface area (Å²) in [4.78, 5) is 15.2. The first kappa shape index (κ1) is 10.3. The average molecular weight is 218 g/mol. The number of ether oxygens (including phenoxy) is 1. The molecule has 1 aromatic rings. The van der Waals surface area contributed by atoms with Crippen molar-refractivity contribution < 1.29 is 9.53 Å². The largest absolute Gasteiger partial charge is 0.465 e. The van der Waals surface area contributed by atoms with Crippen LogP contribution in [0.1, 0.15) is 10.4 Å². The van der Waals surface area contributed by atoms with Crippen molar-refractivity contribution in [1.82, 2.24) is 4.98 Å². The fraction of sp³-hybridized carbons (Fsp3) is 0.250. The molecule has 0 atom stereocenters. The smallest absolute Gasteiger partial charge is 0.340 e. The number of hydrogen-bond donors (Lipinski definition) is 0. The molecule has 13 heavy (non-hydrogen) atoms. The second kappa shape index (κ2) is 4.48. The molecule has 0 aromatic carbocycles. The minimum absolute atomic E-state index is 0.372. The first-order valence-electron chi connectivity index (χ1n) is 3.48. The van der Waals surface area contributed by atoms with E-state index in [2.05, 4.69) is 9.72 Å². The van der Waals surface area contributed by atoms with Crippen molar-refractivity contribution in [3.63, 3.8) is 0 Å². The molecule has 1 aromatic heterocycles. The Balaban J connectivity index is 3.13. The van der Waals surface area contributed by atoms with Gasteiger partial charge >= 0.3 is 5.97 Å². The predicted molar refractivity (Wildman–Crippen MR) is 52.4 cm³/mol. The second-order valence-corrected chi connectivity index (χ2v) is 3.36. The zero-order valence-corrected chi connectivity index (χ0v) is 8.78. The molecule has 5 heteroatoms. The summed E-state index contributed by atoms with van der Waals surface area (Å²) in [6, 6.07) is 3.17. The highest BCUT2D eigenvalue weighted by atomic mass is 35.5. The van der Waals surface area contributed by atoms with E-state index in [4.69, 9.17) is 11.6 Å². The van der Waals surface area contributed by atoms with Gasteiger partial charge in [0, 0.05) is 0 Å². The first-order chi connectivity index (χ1) is 6.19. The monoisotopic (exact) mass is 217 g/mol. The molecule has 1 heterocycles. The van der Waals surface area contributed by atoms with Crippen molar-refractivity contribution in [2.24, 2.45) is 0 Å². The van der Waals surface area contributed by atoms with Crippen LogP contribution < -0.4 is 0 Å². The number of carbonyl (C=O) groups excluding carboxylic acids is 1. The van der Waals surface area contributed by atoms with Crippen LogP contribution in [0.3, 0.4) is 0 Å². The van der Waals surface area contributed by atoms with Crippen molar-refractivity contribution in [2.45, 2.75) is 5.03 Å². The Bertz CT molecular complexity index is 330. The number of carbonyl (C=O) groups is 1. The molecule has 3 nitrogen and oxygen atoms in total. The van der Waals surface area contributed by atoms with Gasteiger partial charge in [-0.1, -0.05) is 11.6 Å². The van der Waals surface area contributed by atoms with Crippen LogP contribution in [0.4, 0.5) is 0 Å². The minimum atomic E-state index is -0.395. The lowest BCUT2D eigenvalue weighted by atomic mass is 10.3. The van der Waals surface area contributed by atoms with Crippen LogP contribution in [0.15, 0.2) is 17.2 Å². The van der Waals surface area contributed by atoms with E-state index in [1.807, 2.05) is 6.26 Å². The third kappa shape index (κ3) is 2.35. The summed E-state index contributed by atoms with van der Waals surface area (Å²) in [6.45, 7) is 0. The van der Waals surface area contributed by atoms with Gasteiger partial charge in [0.1, 0.15) is 10.2 Å². The molecule has 0 radical (unpaired) electrons. The van der Waals surface area contributed by atoms with Gasteiger partial charge in [0.05, 0.1) is 12.7 Å². The topological polar surface area (TPSA) is 39.2 Å². The number of methoxy groups -OCH3 is 1. The van der Waals surface area contributed by atoms with Crippen LogP contribution in [0.25, 0.3) is 0 Å². The van der Waals surface area contributed by atoms with E-state index in [1.165, 1.54) is 18.9 Å². The number of halogens is 1. The standard InChI is InChI=1S/C8H8ClNO2S/c1-12-8(11)5-3-4-6(9)10-7(5)13-2/h3-4H,1-2H3. The van der Waals surface area contributed by atoms with Crippen molar-refractivity contribution in [3.05, 3.63) is 22.8 Å². The number of pyridine rings is 1. The molecule has 1 rings (SSSR count). The molecule has 0 amide bonds. The van der Waals surface area contributed by atoms with E-state index >= 15 is 0 Å². The Hall–Kier alpha value is -0.740. The summed E-state index contributed by atoms with van der Waals surface area (Å²) in [5, 5.41) is 0.955. The van der Waals surface area contributed by atoms with Gasteiger partial charge in [0.2, 0.25) is 0 Å². The molecule has 0 unspecified atom stereocenters. The molecular weight excluding hydrogens is 210 g/mol. The molecule has 0 bridgehead atoms. The summed E-state index contributed by atoms with van der Waals surface area (Å²) in [7, 11) is 1.33. The van der Waals surface area contributed by atoms with Crippen LogP contribution in [0, 0.1) is 0 Å². The maximum atomic E-state index is 11.2. The number of nitrogens with zero attached hydrogens (tertiary/aromatic N) is 1. The Morgan fingerprint density at radius 3 is 2.85 bits per heavy atom. The second-order valence-electron chi connectivity index (χ2n) is 2.18. The Morgan fingerprint density at radius 2 is 2.31 bits per heavy atom. The zero-order chi connectivity index (χ0) is 9.84. The van der Waals surface area contributed by atoms with E-state index in [0.29, 0.717) is 15.7 Å². The van der Waals surface area contributed by atoms with E-state index in [-0.39, 0.29) is 0 Å². The highest BCUT2D eigenvalue weighted by Crippen LogP contribution is 2.20. The summed E-state index contributed by atoms with van der Waals surface area (Å²) in [6.07, 6.45) is 1.82. The van der Waals surface area contributed by atoms with E-state index in [1.54, 1.807) is 12.1 Å². The van der Waals surface area contributed by atoms with Gasteiger partial charge in [0.15, 0.2) is 0 Å². The molecule has 0 aliphatic heterocycles. The van der Waals surface area contributed by atoms with E-state index < -0.39 is 5.97 Å². The summed E-state index contributed by atoms with van der Waals surface area (Å²) >= 11 is 7.02. The van der Waals surface area contributed by atoms with Crippen molar-refractivity contribution in [1.29, 1.82) is 0 Å². The molecule has 0 saturated carbocycles. The summed E-state index contributed by atoms with van der Waals surface area (Å²) in [5.41, 5.74) is 0.444. The number of aromatic nitrogens is 1. The Labute approximate surface area is 85.4 Å². The van der Waals surface area contributed by atoms with Gasteiger partial charge in [-0.05, 0) is 18.4 Å². The molecular formula is C8H8ClNO2S. The lowest BCUT2D eigenvalue weighted by Crippen LogP contribution is -2.04. The van der Waals surface area contributed by atoms with Crippen LogP contribution in [0.5, 0.6) is 0 Å². The van der Waals surface area contributed by atoms with Gasteiger partial charge in [0.25, 0.3) is 0 Å². The van der Waals surface area contributed by atoms with Crippen LogP contribution in [-0.2, 0) is 4.74 Å². The zero-order valence-electron chi connectivity index (χ0n) is 7.20. The highest BCUT2D eigenvalue weighted by molar-refractivity contribution is 7.98. The molecule has 0 spiro atoms. The highest BCUT2D eigenvalue weighted by Gasteiger charge is 2.12. The first-order valence-corrected chi connectivity index (χ1v) is 5.08. The van der Waals surface area contributed by atoms with Crippen LogP contribution in [0.2, 0.25) is 5.15 Å². The van der Waals surface area contributed by atoms with E-state index in [0.717, 1.165) is 0 Å². The Kier molecular flexibility index (Phi) is 3.57. The average Bonchev–Trinajstić information content (AvgIpc) is 2.16. The van der Waals surface area contributed by atoms with Crippen molar-refractivity contribution >= 4 is 29.3 Å². The van der Waals surface area contributed by atoms with Gasteiger partial charge in [-0.2, -0.15) is 0 Å². The lowest BCUT2D eigenvalue weighted by molar-refractivity contribution is 0.0596. The summed E-state index contributed by atoms with van der Waals surface area (Å²) < 4.78 is 4.58.